The second-order valence-corrected chi connectivity index (χ2v) is 7.04. The molecule has 0 fully saturated rings. The Kier molecular flexibility index (Phi) is 3.17. The molecule has 0 radical (unpaired) electrons. The zero-order valence-corrected chi connectivity index (χ0v) is 15.6. The van der Waals surface area contributed by atoms with Crippen LogP contribution in [-0.4, -0.2) is 49.6 Å². The molecular weight excluding hydrogens is 419 g/mol. The molecule has 0 aliphatic rings. The van der Waals surface area contributed by atoms with Crippen LogP contribution in [0.4, 0.5) is 0 Å². The Morgan fingerprint density at radius 3 is 2.21 bits per heavy atom. The van der Waals surface area contributed by atoms with E-state index in [0.717, 1.165) is 0 Å². The summed E-state index contributed by atoms with van der Waals surface area (Å²) < 4.78 is 4.18. The molecule has 0 N–H and O–H groups in total. The van der Waals surface area contributed by atoms with E-state index < -0.39 is 5.56 Å². The number of aromatic nitrogens is 10. The van der Waals surface area contributed by atoms with Gasteiger partial charge in [0.2, 0.25) is 11.3 Å². The van der Waals surface area contributed by atoms with Gasteiger partial charge in [-0.3, -0.25) is 9.36 Å². The molecule has 2 aromatic carbocycles. The van der Waals surface area contributed by atoms with Gasteiger partial charge in [-0.2, -0.15) is 9.03 Å². The third-order valence-corrected chi connectivity index (χ3v) is 5.01. The average Bonchev–Trinajstić information content (AvgIpc) is 3.38. The Balaban J connectivity index is 1.88. The van der Waals surface area contributed by atoms with Gasteiger partial charge in [-0.25, -0.2) is 4.98 Å². The van der Waals surface area contributed by atoms with Crippen LogP contribution in [0.1, 0.15) is 0 Å². The highest BCUT2D eigenvalue weighted by molar-refractivity contribution is 6.31. The van der Waals surface area contributed by atoms with Crippen molar-refractivity contribution in [1.82, 2.24) is 49.6 Å². The van der Waals surface area contributed by atoms with Crippen LogP contribution < -0.4 is 5.56 Å². The van der Waals surface area contributed by atoms with Gasteiger partial charge in [0, 0.05) is 10.0 Å². The molecule has 140 valence electrons. The molecule has 4 aromatic heterocycles. The van der Waals surface area contributed by atoms with E-state index in [9.17, 15) is 4.79 Å². The van der Waals surface area contributed by atoms with Gasteiger partial charge in [0.05, 0.1) is 22.1 Å². The van der Waals surface area contributed by atoms with Gasteiger partial charge in [-0.1, -0.05) is 23.2 Å². The van der Waals surface area contributed by atoms with Crippen molar-refractivity contribution < 1.29 is 0 Å². The van der Waals surface area contributed by atoms with Gasteiger partial charge in [0.15, 0.2) is 5.82 Å². The van der Waals surface area contributed by atoms with Gasteiger partial charge in [0.25, 0.3) is 0 Å². The third-order valence-electron chi connectivity index (χ3n) is 4.54. The molecule has 0 saturated heterocycles. The molecule has 4 heterocycles. The van der Waals surface area contributed by atoms with Crippen LogP contribution in [0, 0.1) is 0 Å². The zero-order valence-electron chi connectivity index (χ0n) is 14.1. The molecule has 0 saturated carbocycles. The number of tetrazole rings is 2. The van der Waals surface area contributed by atoms with E-state index >= 15 is 0 Å². The van der Waals surface area contributed by atoms with Crippen LogP contribution in [0.25, 0.3) is 39.2 Å². The minimum Gasteiger partial charge on any atom is -0.264 e. The Bertz CT molecular complexity index is 1670. The molecule has 0 aliphatic carbocycles. The van der Waals surface area contributed by atoms with Crippen molar-refractivity contribution in [3.05, 3.63) is 56.8 Å². The maximum Gasteiger partial charge on any atom is 0.304 e. The summed E-state index contributed by atoms with van der Waals surface area (Å²) in [5, 5.41) is 24.1. The van der Waals surface area contributed by atoms with E-state index in [4.69, 9.17) is 23.2 Å². The molecule has 6 rings (SSSR count). The van der Waals surface area contributed by atoms with Crippen molar-refractivity contribution >= 4 is 56.6 Å². The Hall–Kier alpha value is -3.70. The molecule has 0 unspecified atom stereocenters. The lowest BCUT2D eigenvalue weighted by atomic mass is 10.2. The quantitative estimate of drug-likeness (QED) is 0.391. The maximum atomic E-state index is 13.3. The topological polar surface area (TPSA) is 121 Å². The van der Waals surface area contributed by atoms with Crippen LogP contribution in [0.3, 0.4) is 0 Å². The van der Waals surface area contributed by atoms with Crippen molar-refractivity contribution in [1.29, 1.82) is 0 Å². The standard InChI is InChI=1S/C16H6Cl2N10O/c17-7-1-3-10-9(5-7)19-13(14-20-22-24-27(10)14)26-12-6-8(18)2-4-11(12)28-15(16(26)29)21-23-25-28/h1-6H. The predicted molar refractivity (Wildman–Crippen MR) is 104 cm³/mol. The molecule has 29 heavy (non-hydrogen) atoms. The molecule has 0 aliphatic heterocycles. The molecule has 11 nitrogen and oxygen atoms in total. The van der Waals surface area contributed by atoms with E-state index in [1.54, 1.807) is 36.4 Å². The molecule has 0 spiro atoms. The van der Waals surface area contributed by atoms with Crippen LogP contribution in [-0.2, 0) is 0 Å². The van der Waals surface area contributed by atoms with Crippen LogP contribution in [0.5, 0.6) is 0 Å². The highest BCUT2D eigenvalue weighted by Crippen LogP contribution is 2.25. The summed E-state index contributed by atoms with van der Waals surface area (Å²) in [5.74, 6) is 0.201. The van der Waals surface area contributed by atoms with E-state index in [0.29, 0.717) is 32.1 Å². The molecule has 0 atom stereocenters. The lowest BCUT2D eigenvalue weighted by Gasteiger charge is -2.12. The fourth-order valence-corrected chi connectivity index (χ4v) is 3.66. The van der Waals surface area contributed by atoms with E-state index in [1.165, 1.54) is 13.6 Å². The van der Waals surface area contributed by atoms with Crippen molar-refractivity contribution in [2.75, 3.05) is 0 Å². The van der Waals surface area contributed by atoms with E-state index in [1.807, 2.05) is 0 Å². The second-order valence-electron chi connectivity index (χ2n) is 6.17. The second kappa shape index (κ2) is 5.65. The summed E-state index contributed by atoms with van der Waals surface area (Å²) in [4.78, 5) is 17.9. The number of rotatable bonds is 1. The summed E-state index contributed by atoms with van der Waals surface area (Å²) in [6, 6.07) is 10.2. The van der Waals surface area contributed by atoms with E-state index in [-0.39, 0.29) is 17.1 Å². The number of benzene rings is 2. The Labute approximate surface area is 169 Å². The van der Waals surface area contributed by atoms with E-state index in [2.05, 4.69) is 36.0 Å². The van der Waals surface area contributed by atoms with Gasteiger partial charge in [0.1, 0.15) is 0 Å². The van der Waals surface area contributed by atoms with Gasteiger partial charge in [-0.15, -0.1) is 10.2 Å². The minimum atomic E-state index is -0.497. The Morgan fingerprint density at radius 2 is 1.41 bits per heavy atom. The number of fused-ring (bicyclic) bond motifs is 6. The largest absolute Gasteiger partial charge is 0.304 e. The summed E-state index contributed by atoms with van der Waals surface area (Å²) in [6.07, 6.45) is 0. The fraction of sp³-hybridized carbons (Fsp3) is 0. The normalized spacial score (nSPS) is 11.9. The highest BCUT2D eigenvalue weighted by atomic mass is 35.5. The minimum absolute atomic E-state index is 0.0263. The molecule has 0 bridgehead atoms. The van der Waals surface area contributed by atoms with Crippen molar-refractivity contribution in [2.24, 2.45) is 0 Å². The molecule has 13 heteroatoms. The highest BCUT2D eigenvalue weighted by Gasteiger charge is 2.21. The van der Waals surface area contributed by atoms with Crippen molar-refractivity contribution in [3.63, 3.8) is 0 Å². The lowest BCUT2D eigenvalue weighted by Crippen LogP contribution is -2.24. The predicted octanol–water partition coefficient (Wildman–Crippen LogP) is 1.72. The van der Waals surface area contributed by atoms with Crippen molar-refractivity contribution in [2.45, 2.75) is 0 Å². The van der Waals surface area contributed by atoms with Gasteiger partial charge < -0.3 is 0 Å². The summed E-state index contributed by atoms with van der Waals surface area (Å²) in [5.41, 5.74) is 1.96. The van der Waals surface area contributed by atoms with Crippen molar-refractivity contribution in [3.8, 4) is 5.82 Å². The first-order valence-electron chi connectivity index (χ1n) is 8.22. The molecule has 6 aromatic rings. The fourth-order valence-electron chi connectivity index (χ4n) is 3.33. The Morgan fingerprint density at radius 1 is 0.759 bits per heavy atom. The number of hydrogen-bond acceptors (Lipinski definition) is 8. The SMILES string of the molecule is O=c1c2nnnn2c2ccc(Cl)cc2n1-c1nc2cc(Cl)ccc2n2nnnc12. The van der Waals surface area contributed by atoms with Gasteiger partial charge in [-0.05, 0) is 57.3 Å². The first-order valence-corrected chi connectivity index (χ1v) is 8.97. The van der Waals surface area contributed by atoms with Gasteiger partial charge >= 0.3 is 5.56 Å². The first kappa shape index (κ1) is 16.3. The summed E-state index contributed by atoms with van der Waals surface area (Å²) in [6.45, 7) is 0. The smallest absolute Gasteiger partial charge is 0.264 e. The zero-order chi connectivity index (χ0) is 19.7. The molecule has 0 amide bonds. The third kappa shape index (κ3) is 2.19. The maximum absolute atomic E-state index is 13.3. The number of hydrogen-bond donors (Lipinski definition) is 0. The van der Waals surface area contributed by atoms with Crippen LogP contribution >= 0.6 is 23.2 Å². The number of halogens is 2. The average molecular weight is 425 g/mol. The summed E-state index contributed by atoms with van der Waals surface area (Å²) in [7, 11) is 0. The summed E-state index contributed by atoms with van der Waals surface area (Å²) >= 11 is 12.3. The number of nitrogens with zero attached hydrogens (tertiary/aromatic N) is 10. The molecular formula is C16H6Cl2N10O. The van der Waals surface area contributed by atoms with Crippen LogP contribution in [0.2, 0.25) is 10.0 Å². The monoisotopic (exact) mass is 424 g/mol. The first-order chi connectivity index (χ1) is 14.1. The van der Waals surface area contributed by atoms with Crippen LogP contribution in [0.15, 0.2) is 41.2 Å². The lowest BCUT2D eigenvalue weighted by molar-refractivity contribution is 0.834.